The van der Waals surface area contributed by atoms with Gasteiger partial charge in [0.05, 0.1) is 5.92 Å². The van der Waals surface area contributed by atoms with Crippen molar-refractivity contribution < 1.29 is 19.5 Å². The number of rotatable bonds is 2. The zero-order valence-electron chi connectivity index (χ0n) is 12.3. The second-order valence-corrected chi connectivity index (χ2v) is 5.98. The van der Waals surface area contributed by atoms with Gasteiger partial charge in [0.25, 0.3) is 0 Å². The third-order valence-corrected chi connectivity index (χ3v) is 4.67. The summed E-state index contributed by atoms with van der Waals surface area (Å²) in [7, 11) is 0. The van der Waals surface area contributed by atoms with Gasteiger partial charge in [-0.15, -0.1) is 0 Å². The van der Waals surface area contributed by atoms with E-state index < -0.39 is 17.9 Å². The summed E-state index contributed by atoms with van der Waals surface area (Å²) < 4.78 is 0. The van der Waals surface area contributed by atoms with E-state index in [-0.39, 0.29) is 11.7 Å². The maximum absolute atomic E-state index is 12.9. The van der Waals surface area contributed by atoms with Crippen molar-refractivity contribution in [3.8, 4) is 0 Å². The van der Waals surface area contributed by atoms with Gasteiger partial charge < -0.3 is 10.0 Å². The van der Waals surface area contributed by atoms with Crippen molar-refractivity contribution in [3.63, 3.8) is 0 Å². The van der Waals surface area contributed by atoms with Crippen molar-refractivity contribution in [2.75, 3.05) is 6.54 Å². The second kappa shape index (κ2) is 5.91. The Labute approximate surface area is 128 Å². The summed E-state index contributed by atoms with van der Waals surface area (Å²) in [6, 6.07) is 6.45. The number of hydrogen-bond acceptors (Lipinski definition) is 3. The number of Topliss-reactive ketones (excluding diaryl/α,β-unsaturated/α-hetero) is 1. The summed E-state index contributed by atoms with van der Waals surface area (Å²) in [5, 5.41) is 9.35. The first-order valence-corrected chi connectivity index (χ1v) is 7.75. The number of carboxylic acid groups (broad SMARTS) is 1. The Morgan fingerprint density at radius 2 is 1.91 bits per heavy atom. The van der Waals surface area contributed by atoms with E-state index in [1.54, 1.807) is 12.1 Å². The van der Waals surface area contributed by atoms with Crippen molar-refractivity contribution in [1.29, 1.82) is 0 Å². The molecule has 1 N–H and O–H groups in total. The highest BCUT2D eigenvalue weighted by atomic mass is 16.4. The number of ketones is 1. The van der Waals surface area contributed by atoms with Crippen LogP contribution < -0.4 is 0 Å². The molecule has 1 saturated heterocycles. The molecule has 0 saturated carbocycles. The quantitative estimate of drug-likeness (QED) is 0.909. The molecule has 5 nitrogen and oxygen atoms in total. The Kier molecular flexibility index (Phi) is 3.96. The number of benzene rings is 1. The Bertz CT molecular complexity index is 625. The van der Waals surface area contributed by atoms with Crippen LogP contribution in [0.1, 0.15) is 53.9 Å². The van der Waals surface area contributed by atoms with Crippen LogP contribution in [-0.2, 0) is 9.59 Å². The normalized spacial score (nSPS) is 24.7. The smallest absolute Gasteiger partial charge is 0.326 e. The Hall–Kier alpha value is -2.17. The van der Waals surface area contributed by atoms with E-state index in [1.807, 2.05) is 12.1 Å². The van der Waals surface area contributed by atoms with Crippen LogP contribution in [0.15, 0.2) is 24.3 Å². The number of carbonyl (C=O) groups is 3. The maximum Gasteiger partial charge on any atom is 0.326 e. The highest BCUT2D eigenvalue weighted by molar-refractivity contribution is 6.02. The molecule has 0 spiro atoms. The number of hydrogen-bond donors (Lipinski definition) is 1. The lowest BCUT2D eigenvalue weighted by atomic mass is 9.81. The summed E-state index contributed by atoms with van der Waals surface area (Å²) in [4.78, 5) is 37.8. The molecule has 3 rings (SSSR count). The van der Waals surface area contributed by atoms with Crippen LogP contribution in [0.3, 0.4) is 0 Å². The van der Waals surface area contributed by atoms with Gasteiger partial charge in [0.2, 0.25) is 5.91 Å². The predicted molar refractivity (Wildman–Crippen MR) is 79.7 cm³/mol. The van der Waals surface area contributed by atoms with Gasteiger partial charge in [0.1, 0.15) is 6.04 Å². The predicted octanol–water partition coefficient (Wildman–Crippen LogP) is 2.21. The third-order valence-electron chi connectivity index (χ3n) is 4.67. The first-order valence-electron chi connectivity index (χ1n) is 7.75. The molecule has 22 heavy (non-hydrogen) atoms. The van der Waals surface area contributed by atoms with Crippen LogP contribution in [0.5, 0.6) is 0 Å². The summed E-state index contributed by atoms with van der Waals surface area (Å²) in [6.45, 7) is 0.489. The molecule has 116 valence electrons. The molecule has 5 heteroatoms. The molecule has 1 amide bonds. The monoisotopic (exact) mass is 301 g/mol. The van der Waals surface area contributed by atoms with Crippen LogP contribution in [0, 0.1) is 0 Å². The number of amides is 1. The topological polar surface area (TPSA) is 74.7 Å². The van der Waals surface area contributed by atoms with E-state index in [0.717, 1.165) is 18.4 Å². The largest absolute Gasteiger partial charge is 0.480 e. The third kappa shape index (κ3) is 2.51. The number of carboxylic acids is 1. The molecule has 0 bridgehead atoms. The van der Waals surface area contributed by atoms with Crippen molar-refractivity contribution in [1.82, 2.24) is 4.90 Å². The molecule has 1 aromatic carbocycles. The minimum atomic E-state index is -0.937. The lowest BCUT2D eigenvalue weighted by Gasteiger charge is -2.36. The van der Waals surface area contributed by atoms with Crippen LogP contribution in [0.4, 0.5) is 0 Å². The molecule has 1 fully saturated rings. The second-order valence-electron chi connectivity index (χ2n) is 5.98. The number of piperidine rings is 1. The van der Waals surface area contributed by atoms with Gasteiger partial charge in [-0.1, -0.05) is 24.3 Å². The molecule has 1 aromatic rings. The van der Waals surface area contributed by atoms with Gasteiger partial charge in [0.15, 0.2) is 5.78 Å². The fourth-order valence-electron chi connectivity index (χ4n) is 3.53. The summed E-state index contributed by atoms with van der Waals surface area (Å²) >= 11 is 0. The number of fused-ring (bicyclic) bond motifs is 1. The molecule has 2 atom stereocenters. The van der Waals surface area contributed by atoms with E-state index >= 15 is 0 Å². The molecular formula is C17H19NO4. The SMILES string of the molecule is O=C1CCC(C(=O)N2CCCCC2C(=O)O)c2ccccc21. The highest BCUT2D eigenvalue weighted by Gasteiger charge is 2.38. The fourth-order valence-corrected chi connectivity index (χ4v) is 3.53. The molecular weight excluding hydrogens is 282 g/mol. The number of aliphatic carboxylic acids is 1. The standard InChI is InChI=1S/C17H19NO4/c19-15-9-8-13(11-5-1-2-6-12(11)15)16(20)18-10-4-3-7-14(18)17(21)22/h1-2,5-6,13-14H,3-4,7-10H2,(H,21,22). The molecule has 2 unspecified atom stereocenters. The average molecular weight is 301 g/mol. The van der Waals surface area contributed by atoms with Gasteiger partial charge >= 0.3 is 5.97 Å². The first kappa shape index (κ1) is 14.8. The van der Waals surface area contributed by atoms with Gasteiger partial charge in [-0.05, 0) is 31.2 Å². The van der Waals surface area contributed by atoms with E-state index in [4.69, 9.17) is 0 Å². The van der Waals surface area contributed by atoms with Crippen LogP contribution in [0.25, 0.3) is 0 Å². The minimum Gasteiger partial charge on any atom is -0.480 e. The molecule has 2 aliphatic rings. The lowest BCUT2D eigenvalue weighted by molar-refractivity contribution is -0.152. The summed E-state index contributed by atoms with van der Waals surface area (Å²) in [5.41, 5.74) is 1.36. The first-order chi connectivity index (χ1) is 10.6. The van der Waals surface area contributed by atoms with Crippen LogP contribution >= 0.6 is 0 Å². The zero-order chi connectivity index (χ0) is 15.7. The molecule has 0 aromatic heterocycles. The molecule has 1 heterocycles. The van der Waals surface area contributed by atoms with Crippen LogP contribution in [-0.4, -0.2) is 40.3 Å². The Morgan fingerprint density at radius 3 is 2.68 bits per heavy atom. The molecule has 1 aliphatic carbocycles. The fraction of sp³-hybridized carbons (Fsp3) is 0.471. The van der Waals surface area contributed by atoms with Crippen molar-refractivity contribution in [2.45, 2.75) is 44.1 Å². The number of nitrogens with zero attached hydrogens (tertiary/aromatic N) is 1. The molecule has 0 radical (unpaired) electrons. The Morgan fingerprint density at radius 1 is 1.14 bits per heavy atom. The summed E-state index contributed by atoms with van der Waals surface area (Å²) in [5.74, 6) is -1.41. The van der Waals surface area contributed by atoms with Crippen molar-refractivity contribution in [3.05, 3.63) is 35.4 Å². The van der Waals surface area contributed by atoms with Crippen molar-refractivity contribution >= 4 is 17.7 Å². The summed E-state index contributed by atoms with van der Waals surface area (Å²) in [6.07, 6.45) is 2.99. The Balaban J connectivity index is 1.90. The maximum atomic E-state index is 12.9. The minimum absolute atomic E-state index is 0.0630. The van der Waals surface area contributed by atoms with Gasteiger partial charge in [-0.25, -0.2) is 4.79 Å². The van der Waals surface area contributed by atoms with E-state index in [1.165, 1.54) is 4.90 Å². The zero-order valence-corrected chi connectivity index (χ0v) is 12.3. The van der Waals surface area contributed by atoms with Gasteiger partial charge in [-0.3, -0.25) is 9.59 Å². The van der Waals surface area contributed by atoms with Gasteiger partial charge in [-0.2, -0.15) is 0 Å². The van der Waals surface area contributed by atoms with E-state index in [0.29, 0.717) is 31.4 Å². The highest BCUT2D eigenvalue weighted by Crippen LogP contribution is 2.34. The van der Waals surface area contributed by atoms with Gasteiger partial charge in [0, 0.05) is 18.5 Å². The van der Waals surface area contributed by atoms with Crippen molar-refractivity contribution in [2.24, 2.45) is 0 Å². The van der Waals surface area contributed by atoms with E-state index in [9.17, 15) is 19.5 Å². The number of likely N-dealkylation sites (tertiary alicyclic amines) is 1. The molecule has 1 aliphatic heterocycles. The number of carbonyl (C=O) groups excluding carboxylic acids is 2. The average Bonchev–Trinajstić information content (AvgIpc) is 2.55. The lowest BCUT2D eigenvalue weighted by Crippen LogP contribution is -2.50. The van der Waals surface area contributed by atoms with Crippen LogP contribution in [0.2, 0.25) is 0 Å². The van der Waals surface area contributed by atoms with E-state index in [2.05, 4.69) is 0 Å².